The van der Waals surface area contributed by atoms with Crippen LogP contribution in [-0.2, 0) is 14.3 Å². The predicted molar refractivity (Wildman–Crippen MR) is 129 cm³/mol. The van der Waals surface area contributed by atoms with Crippen LogP contribution in [0.2, 0.25) is 0 Å². The number of hydrogen-bond donors (Lipinski definition) is 2. The Hall–Kier alpha value is -3.66. The number of nitrogens with zero attached hydrogens (tertiary/aromatic N) is 1. The lowest BCUT2D eigenvalue weighted by Gasteiger charge is -2.36. The van der Waals surface area contributed by atoms with Crippen LogP contribution in [0.1, 0.15) is 55.9 Å². The maximum Gasteiger partial charge on any atom is 0.337 e. The Balaban J connectivity index is 1.91. The lowest BCUT2D eigenvalue weighted by molar-refractivity contribution is -0.386. The van der Waals surface area contributed by atoms with Gasteiger partial charge in [0.2, 0.25) is 5.75 Å². The topological polar surface area (TPSA) is 128 Å². The molecule has 1 aliphatic heterocycles. The third-order valence-corrected chi connectivity index (χ3v) is 7.20. The average molecular weight is 499 g/mol. The van der Waals surface area contributed by atoms with Gasteiger partial charge in [-0.3, -0.25) is 14.9 Å². The number of aromatic hydroxyl groups is 1. The van der Waals surface area contributed by atoms with Gasteiger partial charge in [-0.15, -0.1) is 11.3 Å². The first-order valence-electron chi connectivity index (χ1n) is 11.2. The molecule has 10 heteroatoms. The van der Waals surface area contributed by atoms with Crippen LogP contribution in [-0.4, -0.2) is 35.0 Å². The van der Waals surface area contributed by atoms with E-state index in [-0.39, 0.29) is 29.4 Å². The summed E-state index contributed by atoms with van der Waals surface area (Å²) in [5.74, 6) is -2.44. The highest BCUT2D eigenvalue weighted by molar-refractivity contribution is 7.10. The molecule has 184 valence electrons. The SMILES string of the molecule is COc1cc([C@@H]2C(C(=O)OC(C)C)=C(C)NC3=C2C(=O)C[C@@H](c2cccs2)C3)cc([N+](=O)[O-])c1O. The van der Waals surface area contributed by atoms with Crippen molar-refractivity contribution in [2.24, 2.45) is 0 Å². The van der Waals surface area contributed by atoms with Gasteiger partial charge < -0.3 is 19.9 Å². The van der Waals surface area contributed by atoms with E-state index in [1.807, 2.05) is 17.5 Å². The second kappa shape index (κ2) is 9.53. The third-order valence-electron chi connectivity index (χ3n) is 6.16. The third kappa shape index (κ3) is 4.53. The summed E-state index contributed by atoms with van der Waals surface area (Å²) in [6.07, 6.45) is 0.396. The Labute approximate surface area is 206 Å². The number of methoxy groups -OCH3 is 1. The summed E-state index contributed by atoms with van der Waals surface area (Å²) in [7, 11) is 1.28. The number of phenolic OH excluding ortho intramolecular Hbond substituents is 1. The highest BCUT2D eigenvalue weighted by atomic mass is 32.1. The molecule has 0 radical (unpaired) electrons. The lowest BCUT2D eigenvalue weighted by Crippen LogP contribution is -2.36. The highest BCUT2D eigenvalue weighted by Gasteiger charge is 2.42. The second-order valence-corrected chi connectivity index (χ2v) is 9.81. The molecule has 9 nitrogen and oxygen atoms in total. The van der Waals surface area contributed by atoms with E-state index in [2.05, 4.69) is 5.32 Å². The molecule has 0 saturated carbocycles. The molecule has 2 heterocycles. The van der Waals surface area contributed by atoms with Gasteiger partial charge in [0.15, 0.2) is 11.5 Å². The molecule has 0 unspecified atom stereocenters. The van der Waals surface area contributed by atoms with E-state index in [4.69, 9.17) is 9.47 Å². The van der Waals surface area contributed by atoms with Crippen LogP contribution >= 0.6 is 11.3 Å². The van der Waals surface area contributed by atoms with E-state index >= 15 is 0 Å². The number of nitro benzene ring substituents is 1. The van der Waals surface area contributed by atoms with Crippen LogP contribution in [0.3, 0.4) is 0 Å². The molecule has 0 saturated heterocycles. The average Bonchev–Trinajstić information content (AvgIpc) is 3.32. The minimum atomic E-state index is -0.914. The Morgan fingerprint density at radius 1 is 1.31 bits per heavy atom. The van der Waals surface area contributed by atoms with Crippen LogP contribution in [0.4, 0.5) is 5.69 Å². The number of hydrogen-bond acceptors (Lipinski definition) is 9. The standard InChI is InChI=1S/C25H26N2O7S/c1-12(2)34-25(30)21-13(3)26-16-8-14(20-6-5-7-35-20)10-18(28)23(16)22(21)15-9-17(27(31)32)24(29)19(11-15)33-4/h5-7,9,11-12,14,22,26,29H,8,10H2,1-4H3/t14-,22+/m0/s1. The molecule has 35 heavy (non-hydrogen) atoms. The summed E-state index contributed by atoms with van der Waals surface area (Å²) in [5.41, 5.74) is 1.47. The first kappa shape index (κ1) is 24.5. The molecule has 1 aliphatic carbocycles. The Kier molecular flexibility index (Phi) is 6.66. The van der Waals surface area contributed by atoms with Gasteiger partial charge in [-0.05, 0) is 50.3 Å². The number of nitrogens with one attached hydrogen (secondary N) is 1. The molecule has 2 atom stereocenters. The van der Waals surface area contributed by atoms with Gasteiger partial charge in [0.1, 0.15) is 0 Å². The smallest absolute Gasteiger partial charge is 0.337 e. The minimum absolute atomic E-state index is 0.00458. The molecule has 0 fully saturated rings. The number of benzene rings is 1. The number of Topliss-reactive ketones (excluding diaryl/α,β-unsaturated/α-hetero) is 1. The number of dihydropyridines is 1. The summed E-state index contributed by atoms with van der Waals surface area (Å²) in [6, 6.07) is 6.56. The number of carbonyl (C=O) groups is 2. The van der Waals surface area contributed by atoms with Crippen LogP contribution in [0, 0.1) is 10.1 Å². The number of ketones is 1. The number of phenols is 1. The van der Waals surface area contributed by atoms with Gasteiger partial charge in [-0.1, -0.05) is 6.07 Å². The van der Waals surface area contributed by atoms with Gasteiger partial charge in [0, 0.05) is 46.2 Å². The van der Waals surface area contributed by atoms with Crippen molar-refractivity contribution in [3.63, 3.8) is 0 Å². The minimum Gasteiger partial charge on any atom is -0.500 e. The largest absolute Gasteiger partial charge is 0.500 e. The molecule has 4 rings (SSSR count). The summed E-state index contributed by atoms with van der Waals surface area (Å²) < 4.78 is 10.7. The van der Waals surface area contributed by atoms with Gasteiger partial charge in [-0.25, -0.2) is 4.79 Å². The molecular formula is C25H26N2O7S. The first-order valence-corrected chi connectivity index (χ1v) is 12.0. The van der Waals surface area contributed by atoms with E-state index in [0.29, 0.717) is 29.0 Å². The fourth-order valence-electron chi connectivity index (χ4n) is 4.72. The number of esters is 1. The van der Waals surface area contributed by atoms with Crippen molar-refractivity contribution in [1.82, 2.24) is 5.32 Å². The zero-order chi connectivity index (χ0) is 25.4. The summed E-state index contributed by atoms with van der Waals surface area (Å²) >= 11 is 1.58. The predicted octanol–water partition coefficient (Wildman–Crippen LogP) is 4.68. The summed E-state index contributed by atoms with van der Waals surface area (Å²) in [4.78, 5) is 38.8. The van der Waals surface area contributed by atoms with Crippen molar-refractivity contribution in [2.45, 2.75) is 51.6 Å². The zero-order valence-corrected chi connectivity index (χ0v) is 20.6. The monoisotopic (exact) mass is 498 g/mol. The van der Waals surface area contributed by atoms with Crippen molar-refractivity contribution in [2.75, 3.05) is 7.11 Å². The van der Waals surface area contributed by atoms with Gasteiger partial charge in [0.25, 0.3) is 0 Å². The van der Waals surface area contributed by atoms with Gasteiger partial charge in [0.05, 0.1) is 23.7 Å². The second-order valence-electron chi connectivity index (χ2n) is 8.83. The lowest BCUT2D eigenvalue weighted by atomic mass is 9.72. The number of ether oxygens (including phenoxy) is 2. The quantitative estimate of drug-likeness (QED) is 0.334. The number of nitro groups is 1. The van der Waals surface area contributed by atoms with Crippen molar-refractivity contribution in [3.8, 4) is 11.5 Å². The first-order chi connectivity index (χ1) is 16.6. The Morgan fingerprint density at radius 2 is 2.06 bits per heavy atom. The van der Waals surface area contributed by atoms with Crippen LogP contribution in [0.15, 0.2) is 52.2 Å². The zero-order valence-electron chi connectivity index (χ0n) is 19.8. The van der Waals surface area contributed by atoms with Crippen molar-refractivity contribution in [3.05, 3.63) is 72.7 Å². The van der Waals surface area contributed by atoms with E-state index in [1.54, 1.807) is 32.1 Å². The van der Waals surface area contributed by atoms with E-state index in [1.165, 1.54) is 19.2 Å². The fraction of sp³-hybridized carbons (Fsp3) is 0.360. The van der Waals surface area contributed by atoms with E-state index in [9.17, 15) is 24.8 Å². The maximum atomic E-state index is 13.6. The molecule has 2 aromatic rings. The van der Waals surface area contributed by atoms with Crippen LogP contribution < -0.4 is 10.1 Å². The molecule has 1 aromatic carbocycles. The van der Waals surface area contributed by atoms with Crippen molar-refractivity contribution >= 4 is 28.8 Å². The van der Waals surface area contributed by atoms with Crippen molar-refractivity contribution in [1.29, 1.82) is 0 Å². The molecule has 2 N–H and O–H groups in total. The Morgan fingerprint density at radius 3 is 2.66 bits per heavy atom. The number of thiophene rings is 1. The van der Waals surface area contributed by atoms with Crippen LogP contribution in [0.25, 0.3) is 0 Å². The molecule has 0 amide bonds. The van der Waals surface area contributed by atoms with Crippen LogP contribution in [0.5, 0.6) is 11.5 Å². The van der Waals surface area contributed by atoms with E-state index in [0.717, 1.165) is 4.88 Å². The van der Waals surface area contributed by atoms with Crippen molar-refractivity contribution < 1.29 is 29.1 Å². The van der Waals surface area contributed by atoms with E-state index < -0.39 is 34.4 Å². The molecular weight excluding hydrogens is 472 g/mol. The number of carbonyl (C=O) groups excluding carboxylic acids is 2. The van der Waals surface area contributed by atoms with Gasteiger partial charge >= 0.3 is 11.7 Å². The fourth-order valence-corrected chi connectivity index (χ4v) is 5.55. The maximum absolute atomic E-state index is 13.6. The number of allylic oxidation sites excluding steroid dienone is 3. The molecule has 1 aromatic heterocycles. The highest BCUT2D eigenvalue weighted by Crippen LogP contribution is 2.49. The Bertz CT molecular complexity index is 1260. The number of rotatable bonds is 6. The molecule has 0 bridgehead atoms. The summed E-state index contributed by atoms with van der Waals surface area (Å²) in [6.45, 7) is 5.16. The normalized spacial score (nSPS) is 20.0. The molecule has 0 spiro atoms. The molecule has 2 aliphatic rings. The van der Waals surface area contributed by atoms with Gasteiger partial charge in [-0.2, -0.15) is 0 Å². The summed E-state index contributed by atoms with van der Waals surface area (Å²) in [5, 5.41) is 27.2.